The Kier molecular flexibility index (Phi) is 4.37. The van der Waals surface area contributed by atoms with E-state index in [4.69, 9.17) is 5.73 Å². The van der Waals surface area contributed by atoms with E-state index in [0.29, 0.717) is 5.56 Å². The van der Waals surface area contributed by atoms with Gasteiger partial charge in [-0.3, -0.25) is 0 Å². The van der Waals surface area contributed by atoms with Gasteiger partial charge in [-0.25, -0.2) is 9.59 Å². The van der Waals surface area contributed by atoms with Crippen LogP contribution in [0.5, 0.6) is 0 Å². The summed E-state index contributed by atoms with van der Waals surface area (Å²) in [5, 5.41) is 9.64. The first-order valence-electron chi connectivity index (χ1n) is 5.17. The molecule has 0 unspecified atom stereocenters. The largest absolute Gasteiger partial charge is 0.390 e. The van der Waals surface area contributed by atoms with Gasteiger partial charge in [-0.1, -0.05) is 29.8 Å². The summed E-state index contributed by atoms with van der Waals surface area (Å²) in [7, 11) is 0. The number of benzene rings is 1. The number of aliphatic hydroxyl groups is 1. The lowest BCUT2D eigenvalue weighted by Crippen LogP contribution is -2.32. The Morgan fingerprint density at radius 2 is 1.76 bits per heavy atom. The molecule has 0 bridgehead atoms. The highest BCUT2D eigenvalue weighted by atomic mass is 16.6. The van der Waals surface area contributed by atoms with Crippen molar-refractivity contribution in [2.75, 3.05) is 0 Å². The van der Waals surface area contributed by atoms with Crippen LogP contribution in [0.1, 0.15) is 24.2 Å². The maximum absolute atomic E-state index is 11.4. The van der Waals surface area contributed by atoms with Gasteiger partial charge in [0.2, 0.25) is 0 Å². The third-order valence-corrected chi connectivity index (χ3v) is 2.19. The average Bonchev–Trinajstić information content (AvgIpc) is 2.28. The molecule has 5 heteroatoms. The summed E-state index contributed by atoms with van der Waals surface area (Å²) >= 11 is 0. The first kappa shape index (κ1) is 13.3. The highest BCUT2D eigenvalue weighted by Gasteiger charge is 2.23. The normalized spacial score (nSPS) is 13.9. The molecule has 2 atom stereocenters. The second-order valence-corrected chi connectivity index (χ2v) is 3.84. The molecule has 1 aromatic carbocycles. The number of hydrogen-bond donors (Lipinski definition) is 2. The van der Waals surface area contributed by atoms with Crippen LogP contribution in [0.4, 0.5) is 0 Å². The SMILES string of the molecule is Cc1ccc([C@H](O)C(=O)OC(=O)[C@H](C)N)cc1. The molecule has 1 rings (SSSR count). The third kappa shape index (κ3) is 3.65. The summed E-state index contributed by atoms with van der Waals surface area (Å²) in [5.41, 5.74) is 6.61. The van der Waals surface area contributed by atoms with Crippen LogP contribution >= 0.6 is 0 Å². The van der Waals surface area contributed by atoms with Gasteiger partial charge in [0.05, 0.1) is 0 Å². The Balaban J connectivity index is 2.70. The Hall–Kier alpha value is -1.72. The van der Waals surface area contributed by atoms with E-state index in [1.165, 1.54) is 6.92 Å². The number of rotatable bonds is 3. The number of carbonyl (C=O) groups is 2. The smallest absolute Gasteiger partial charge is 0.347 e. The molecule has 0 radical (unpaired) electrons. The quantitative estimate of drug-likeness (QED) is 0.588. The molecule has 92 valence electrons. The topological polar surface area (TPSA) is 89.6 Å². The van der Waals surface area contributed by atoms with Gasteiger partial charge in [-0.05, 0) is 19.4 Å². The fourth-order valence-electron chi connectivity index (χ4n) is 1.13. The molecular formula is C12H15NO4. The first-order chi connectivity index (χ1) is 7.91. The third-order valence-electron chi connectivity index (χ3n) is 2.19. The monoisotopic (exact) mass is 237 g/mol. The summed E-state index contributed by atoms with van der Waals surface area (Å²) in [6, 6.07) is 5.79. The van der Waals surface area contributed by atoms with Crippen LogP contribution in [0.15, 0.2) is 24.3 Å². The molecule has 0 aliphatic rings. The molecule has 0 saturated carbocycles. The number of esters is 2. The molecule has 0 saturated heterocycles. The van der Waals surface area contributed by atoms with E-state index in [9.17, 15) is 14.7 Å². The predicted octanol–water partition coefficient (Wildman–Crippen LogP) is 0.445. The second kappa shape index (κ2) is 5.56. The van der Waals surface area contributed by atoms with Crippen molar-refractivity contribution in [1.82, 2.24) is 0 Å². The fourth-order valence-corrected chi connectivity index (χ4v) is 1.13. The minimum Gasteiger partial charge on any atom is -0.390 e. The Bertz CT molecular complexity index is 411. The summed E-state index contributed by atoms with van der Waals surface area (Å²) < 4.78 is 4.41. The van der Waals surface area contributed by atoms with Crippen LogP contribution in [-0.4, -0.2) is 23.1 Å². The molecule has 5 nitrogen and oxygen atoms in total. The number of aliphatic hydroxyl groups excluding tert-OH is 1. The van der Waals surface area contributed by atoms with Crippen molar-refractivity contribution in [2.24, 2.45) is 5.73 Å². The van der Waals surface area contributed by atoms with E-state index in [1.54, 1.807) is 24.3 Å². The van der Waals surface area contributed by atoms with Crippen molar-refractivity contribution in [2.45, 2.75) is 26.0 Å². The van der Waals surface area contributed by atoms with Gasteiger partial charge in [-0.2, -0.15) is 0 Å². The maximum Gasteiger partial charge on any atom is 0.347 e. The van der Waals surface area contributed by atoms with Gasteiger partial charge in [-0.15, -0.1) is 0 Å². The van der Waals surface area contributed by atoms with Crippen LogP contribution in [0.25, 0.3) is 0 Å². The average molecular weight is 237 g/mol. The molecule has 17 heavy (non-hydrogen) atoms. The highest BCUT2D eigenvalue weighted by molar-refractivity contribution is 5.90. The number of aryl methyl sites for hydroxylation is 1. The number of nitrogens with two attached hydrogens (primary N) is 1. The van der Waals surface area contributed by atoms with Crippen molar-refractivity contribution >= 4 is 11.9 Å². The molecule has 0 heterocycles. The van der Waals surface area contributed by atoms with Crippen LogP contribution in [-0.2, 0) is 14.3 Å². The lowest BCUT2D eigenvalue weighted by atomic mass is 10.1. The van der Waals surface area contributed by atoms with Crippen LogP contribution in [0.3, 0.4) is 0 Å². The zero-order chi connectivity index (χ0) is 13.0. The number of ether oxygens (including phenoxy) is 1. The molecule has 0 aliphatic heterocycles. The van der Waals surface area contributed by atoms with Gasteiger partial charge in [0.15, 0.2) is 6.10 Å². The highest BCUT2D eigenvalue weighted by Crippen LogP contribution is 2.15. The van der Waals surface area contributed by atoms with Crippen LogP contribution in [0, 0.1) is 6.92 Å². The van der Waals surface area contributed by atoms with Crippen molar-refractivity contribution < 1.29 is 19.4 Å². The van der Waals surface area contributed by atoms with Crippen LogP contribution in [0.2, 0.25) is 0 Å². The maximum atomic E-state index is 11.4. The lowest BCUT2D eigenvalue weighted by molar-refractivity contribution is -0.166. The summed E-state index contributed by atoms with van der Waals surface area (Å²) in [6.45, 7) is 3.28. The molecule has 3 N–H and O–H groups in total. The van der Waals surface area contributed by atoms with E-state index in [2.05, 4.69) is 4.74 Å². The molecule has 0 aromatic heterocycles. The Labute approximate surface area is 99.2 Å². The van der Waals surface area contributed by atoms with Crippen molar-refractivity contribution in [3.8, 4) is 0 Å². The lowest BCUT2D eigenvalue weighted by Gasteiger charge is -2.11. The fraction of sp³-hybridized carbons (Fsp3) is 0.333. The standard InChI is InChI=1S/C12H15NO4/c1-7-3-5-9(6-4-7)10(14)12(16)17-11(15)8(2)13/h3-6,8,10,14H,13H2,1-2H3/t8-,10-/m0/s1. The van der Waals surface area contributed by atoms with Gasteiger partial charge >= 0.3 is 11.9 Å². The summed E-state index contributed by atoms with van der Waals surface area (Å²) in [4.78, 5) is 22.5. The van der Waals surface area contributed by atoms with Crippen molar-refractivity contribution in [3.63, 3.8) is 0 Å². The van der Waals surface area contributed by atoms with E-state index in [0.717, 1.165) is 5.56 Å². The van der Waals surface area contributed by atoms with E-state index >= 15 is 0 Å². The predicted molar refractivity (Wildman–Crippen MR) is 60.9 cm³/mol. The van der Waals surface area contributed by atoms with Gasteiger partial charge < -0.3 is 15.6 Å². The number of hydrogen-bond acceptors (Lipinski definition) is 5. The zero-order valence-corrected chi connectivity index (χ0v) is 9.71. The van der Waals surface area contributed by atoms with Crippen LogP contribution < -0.4 is 5.73 Å². The van der Waals surface area contributed by atoms with Gasteiger partial charge in [0.25, 0.3) is 0 Å². The molecular weight excluding hydrogens is 222 g/mol. The molecule has 0 spiro atoms. The summed E-state index contributed by atoms with van der Waals surface area (Å²) in [5.74, 6) is -1.88. The number of carbonyl (C=O) groups excluding carboxylic acids is 2. The van der Waals surface area contributed by atoms with Gasteiger partial charge in [0.1, 0.15) is 6.04 Å². The molecule has 0 fully saturated rings. The molecule has 0 amide bonds. The van der Waals surface area contributed by atoms with Crippen molar-refractivity contribution in [3.05, 3.63) is 35.4 Å². The minimum atomic E-state index is -1.47. The molecule has 1 aromatic rings. The minimum absolute atomic E-state index is 0.373. The first-order valence-corrected chi connectivity index (χ1v) is 5.17. The second-order valence-electron chi connectivity index (χ2n) is 3.84. The Morgan fingerprint density at radius 3 is 2.24 bits per heavy atom. The Morgan fingerprint density at radius 1 is 1.24 bits per heavy atom. The van der Waals surface area contributed by atoms with Gasteiger partial charge in [0, 0.05) is 0 Å². The zero-order valence-electron chi connectivity index (χ0n) is 9.71. The van der Waals surface area contributed by atoms with Crippen molar-refractivity contribution in [1.29, 1.82) is 0 Å². The van der Waals surface area contributed by atoms with E-state index < -0.39 is 24.1 Å². The van der Waals surface area contributed by atoms with E-state index in [-0.39, 0.29) is 0 Å². The summed E-state index contributed by atoms with van der Waals surface area (Å²) in [6.07, 6.45) is -1.47. The molecule has 0 aliphatic carbocycles. The van der Waals surface area contributed by atoms with E-state index in [1.807, 2.05) is 6.92 Å².